The topological polar surface area (TPSA) is 80.0 Å². The fourth-order valence-electron chi connectivity index (χ4n) is 1.94. The molecule has 2 heterocycles. The van der Waals surface area contributed by atoms with Crippen molar-refractivity contribution in [1.29, 1.82) is 0 Å². The van der Waals surface area contributed by atoms with E-state index in [-0.39, 0.29) is 17.8 Å². The molecule has 8 heteroatoms. The third-order valence-electron chi connectivity index (χ3n) is 2.91. The van der Waals surface area contributed by atoms with E-state index in [1.807, 2.05) is 0 Å². The molecule has 0 saturated carbocycles. The number of rotatable bonds is 3. The molecule has 1 aromatic heterocycles. The smallest absolute Gasteiger partial charge is 0.352 e. The maximum atomic E-state index is 13.6. The predicted octanol–water partition coefficient (Wildman–Crippen LogP) is 2.03. The van der Waals surface area contributed by atoms with Gasteiger partial charge in [-0.3, -0.25) is 4.79 Å². The van der Waals surface area contributed by atoms with Crippen LogP contribution in [0.2, 0.25) is 0 Å². The average molecular weight is 280 g/mol. The predicted molar refractivity (Wildman–Crippen MR) is 65.3 cm³/mol. The Morgan fingerprint density at radius 1 is 1.45 bits per heavy atom. The van der Waals surface area contributed by atoms with Gasteiger partial charge in [0, 0.05) is 12.6 Å². The van der Waals surface area contributed by atoms with Crippen molar-refractivity contribution in [3.63, 3.8) is 0 Å². The van der Waals surface area contributed by atoms with E-state index in [1.54, 1.807) is 13.0 Å². The quantitative estimate of drug-likeness (QED) is 0.899. The highest BCUT2D eigenvalue weighted by Crippen LogP contribution is 2.41. The van der Waals surface area contributed by atoms with E-state index in [4.69, 9.17) is 4.52 Å². The van der Waals surface area contributed by atoms with Gasteiger partial charge in [-0.25, -0.2) is 0 Å². The van der Waals surface area contributed by atoms with Crippen LogP contribution in [-0.4, -0.2) is 16.0 Å². The third kappa shape index (κ3) is 1.98. The molecule has 1 aliphatic rings. The third-order valence-corrected chi connectivity index (χ3v) is 2.91. The zero-order chi connectivity index (χ0) is 14.3. The van der Waals surface area contributed by atoms with Gasteiger partial charge in [0.1, 0.15) is 0 Å². The minimum absolute atomic E-state index is 0.126. The van der Waals surface area contributed by atoms with Gasteiger partial charge in [-0.15, -0.1) is 0 Å². The molecule has 0 aliphatic carbocycles. The number of hydrogen-bond donors (Lipinski definition) is 2. The minimum atomic E-state index is -3.50. The number of nitrogens with zero attached hydrogens (tertiary/aromatic N) is 2. The standard InChI is InChI=1S/C12H10F2N4O2/c1-6-16-10(18-20-6)5-15-7-2-3-9-8(4-7)12(13,14)11(19)17-9/h2-4,15H,5H2,1H3,(H,17,19). The lowest BCUT2D eigenvalue weighted by Crippen LogP contribution is -2.23. The van der Waals surface area contributed by atoms with Crippen LogP contribution in [0.4, 0.5) is 20.2 Å². The molecule has 0 atom stereocenters. The summed E-state index contributed by atoms with van der Waals surface area (Å²) in [5.41, 5.74) is 0.236. The molecule has 0 bridgehead atoms. The van der Waals surface area contributed by atoms with Crippen LogP contribution >= 0.6 is 0 Å². The number of fused-ring (bicyclic) bond motifs is 1. The molecule has 3 rings (SSSR count). The second kappa shape index (κ2) is 4.26. The van der Waals surface area contributed by atoms with E-state index in [0.29, 0.717) is 17.4 Å². The number of alkyl halides is 2. The van der Waals surface area contributed by atoms with Gasteiger partial charge in [-0.2, -0.15) is 13.8 Å². The Kier molecular flexibility index (Phi) is 2.66. The summed E-state index contributed by atoms with van der Waals surface area (Å²) in [6.07, 6.45) is 0. The molecule has 0 saturated heterocycles. The molecule has 1 aromatic carbocycles. The Balaban J connectivity index is 1.80. The minimum Gasteiger partial charge on any atom is -0.378 e. The number of carbonyl (C=O) groups is 1. The Morgan fingerprint density at radius 3 is 2.95 bits per heavy atom. The molecule has 1 aliphatic heterocycles. The second-order valence-corrected chi connectivity index (χ2v) is 4.37. The summed E-state index contributed by atoms with van der Waals surface area (Å²) in [5, 5.41) is 8.72. The molecule has 1 amide bonds. The number of benzene rings is 1. The van der Waals surface area contributed by atoms with Crippen molar-refractivity contribution in [2.75, 3.05) is 10.6 Å². The first-order valence-electron chi connectivity index (χ1n) is 5.83. The van der Waals surface area contributed by atoms with E-state index >= 15 is 0 Å². The van der Waals surface area contributed by atoms with Crippen molar-refractivity contribution >= 4 is 17.3 Å². The van der Waals surface area contributed by atoms with Crippen molar-refractivity contribution in [2.45, 2.75) is 19.4 Å². The first-order valence-corrected chi connectivity index (χ1v) is 5.83. The van der Waals surface area contributed by atoms with Gasteiger partial charge in [0.05, 0.1) is 17.8 Å². The Morgan fingerprint density at radius 2 is 2.25 bits per heavy atom. The zero-order valence-electron chi connectivity index (χ0n) is 10.4. The van der Waals surface area contributed by atoms with Crippen molar-refractivity contribution in [1.82, 2.24) is 10.1 Å². The van der Waals surface area contributed by atoms with E-state index < -0.39 is 11.8 Å². The van der Waals surface area contributed by atoms with Crippen LogP contribution in [0.3, 0.4) is 0 Å². The lowest BCUT2D eigenvalue weighted by Gasteiger charge is -2.09. The van der Waals surface area contributed by atoms with Crippen LogP contribution in [0.5, 0.6) is 0 Å². The van der Waals surface area contributed by atoms with Crippen LogP contribution < -0.4 is 10.6 Å². The highest BCUT2D eigenvalue weighted by Gasteiger charge is 2.48. The van der Waals surface area contributed by atoms with Crippen molar-refractivity contribution < 1.29 is 18.1 Å². The number of halogens is 2. The van der Waals surface area contributed by atoms with Gasteiger partial charge in [0.15, 0.2) is 5.82 Å². The molecule has 0 spiro atoms. The van der Waals surface area contributed by atoms with Gasteiger partial charge < -0.3 is 15.2 Å². The summed E-state index contributed by atoms with van der Waals surface area (Å²) in [4.78, 5) is 15.1. The molecule has 0 fully saturated rings. The second-order valence-electron chi connectivity index (χ2n) is 4.37. The summed E-state index contributed by atoms with van der Waals surface area (Å²) in [5.74, 6) is -3.96. The van der Waals surface area contributed by atoms with Crippen molar-refractivity contribution in [3.05, 3.63) is 35.5 Å². The van der Waals surface area contributed by atoms with Crippen LogP contribution in [0.25, 0.3) is 0 Å². The van der Waals surface area contributed by atoms with E-state index in [1.165, 1.54) is 12.1 Å². The van der Waals surface area contributed by atoms with Gasteiger partial charge in [-0.1, -0.05) is 5.16 Å². The number of aromatic nitrogens is 2. The summed E-state index contributed by atoms with van der Waals surface area (Å²) in [7, 11) is 0. The number of carbonyl (C=O) groups excluding carboxylic acids is 1. The molecule has 104 valence electrons. The maximum absolute atomic E-state index is 13.6. The van der Waals surface area contributed by atoms with Gasteiger partial charge >= 0.3 is 5.92 Å². The normalized spacial score (nSPS) is 15.8. The van der Waals surface area contributed by atoms with Crippen LogP contribution in [-0.2, 0) is 17.3 Å². The fraction of sp³-hybridized carbons (Fsp3) is 0.250. The number of anilines is 2. The lowest BCUT2D eigenvalue weighted by molar-refractivity contribution is -0.139. The van der Waals surface area contributed by atoms with E-state index in [2.05, 4.69) is 20.8 Å². The number of aryl methyl sites for hydroxylation is 1. The molecule has 6 nitrogen and oxygen atoms in total. The van der Waals surface area contributed by atoms with E-state index in [0.717, 1.165) is 0 Å². The van der Waals surface area contributed by atoms with Crippen LogP contribution in [0.1, 0.15) is 17.3 Å². The first kappa shape index (κ1) is 12.5. The molecule has 0 unspecified atom stereocenters. The number of nitrogens with one attached hydrogen (secondary N) is 2. The Hall–Kier alpha value is -2.51. The molecule has 0 radical (unpaired) electrons. The first-order chi connectivity index (χ1) is 9.46. The monoisotopic (exact) mass is 280 g/mol. The maximum Gasteiger partial charge on any atom is 0.352 e. The summed E-state index contributed by atoms with van der Waals surface area (Å²) in [6, 6.07) is 4.26. The van der Waals surface area contributed by atoms with E-state index in [9.17, 15) is 13.6 Å². The summed E-state index contributed by atoms with van der Waals surface area (Å²) < 4.78 is 32.0. The summed E-state index contributed by atoms with van der Waals surface area (Å²) >= 11 is 0. The SMILES string of the molecule is Cc1nc(CNc2ccc3c(c2)C(F)(F)C(=O)N3)no1. The molecule has 20 heavy (non-hydrogen) atoms. The van der Waals surface area contributed by atoms with Gasteiger partial charge in [0.2, 0.25) is 5.89 Å². The highest BCUT2D eigenvalue weighted by atomic mass is 19.3. The van der Waals surface area contributed by atoms with Gasteiger partial charge in [0.25, 0.3) is 5.91 Å². The zero-order valence-corrected chi connectivity index (χ0v) is 10.4. The fourth-order valence-corrected chi connectivity index (χ4v) is 1.94. The summed E-state index contributed by atoms with van der Waals surface area (Å²) in [6.45, 7) is 1.90. The average Bonchev–Trinajstić information content (AvgIpc) is 2.91. The number of hydrogen-bond acceptors (Lipinski definition) is 5. The van der Waals surface area contributed by atoms with Crippen molar-refractivity contribution in [3.8, 4) is 0 Å². The molecular formula is C12H10F2N4O2. The Labute approximate surface area is 112 Å². The molecular weight excluding hydrogens is 270 g/mol. The van der Waals surface area contributed by atoms with Gasteiger partial charge in [-0.05, 0) is 18.2 Å². The molecule has 2 N–H and O–H groups in total. The highest BCUT2D eigenvalue weighted by molar-refractivity contribution is 6.04. The number of amides is 1. The molecule has 2 aromatic rings. The largest absolute Gasteiger partial charge is 0.378 e. The van der Waals surface area contributed by atoms with Crippen molar-refractivity contribution in [2.24, 2.45) is 0 Å². The Bertz CT molecular complexity index is 684. The van der Waals surface area contributed by atoms with Crippen LogP contribution in [0, 0.1) is 6.92 Å². The van der Waals surface area contributed by atoms with Crippen LogP contribution in [0.15, 0.2) is 22.7 Å². The lowest BCUT2D eigenvalue weighted by atomic mass is 10.1.